The Balaban J connectivity index is 1.04. The first-order valence-electron chi connectivity index (χ1n) is 18.0. The Morgan fingerprint density at radius 2 is 1.72 bits per heavy atom. The summed E-state index contributed by atoms with van der Waals surface area (Å²) in [5.74, 6) is 0.240. The van der Waals surface area contributed by atoms with Gasteiger partial charge in [0.25, 0.3) is 5.91 Å². The summed E-state index contributed by atoms with van der Waals surface area (Å²) >= 11 is 6.17. The first-order chi connectivity index (χ1) is 25.9. The third-order valence-corrected chi connectivity index (χ3v) is 10.5. The third-order valence-electron chi connectivity index (χ3n) is 10.2. The van der Waals surface area contributed by atoms with Crippen molar-refractivity contribution in [3.8, 4) is 28.4 Å². The Hall–Kier alpha value is -5.52. The molecule has 270 valence electrons. The molecule has 1 amide bonds. The van der Waals surface area contributed by atoms with Crippen LogP contribution in [0.25, 0.3) is 28.3 Å². The molecule has 2 fully saturated rings. The number of piperidine rings is 2. The standard InChI is InChI=1S/C41H40ClFN8O2/c1-53-36-26-31(50-22-16-30(17-23-50)49-19-4-2-5-20-49)12-14-34(36)46-41-44-18-15-35(47-41)39-38(48-37-10-3-6-21-51(37)39)27-8-7-9-28(24-27)40(52)45-33-13-11-29(43)25-32(33)42/h3,6-15,18,21,24-26,30H,2,4-5,16-17,19-20,22-23H2,1H3,(H,45,52)(H,44,46,47). The highest BCUT2D eigenvalue weighted by atomic mass is 35.5. The summed E-state index contributed by atoms with van der Waals surface area (Å²) < 4.78 is 21.4. The van der Waals surface area contributed by atoms with Gasteiger partial charge in [-0.3, -0.25) is 9.20 Å². The highest BCUT2D eigenvalue weighted by molar-refractivity contribution is 6.34. The summed E-state index contributed by atoms with van der Waals surface area (Å²) in [6.45, 7) is 4.53. The van der Waals surface area contributed by atoms with Crippen molar-refractivity contribution < 1.29 is 13.9 Å². The van der Waals surface area contributed by atoms with Crippen molar-refractivity contribution in [1.82, 2.24) is 24.3 Å². The van der Waals surface area contributed by atoms with Crippen LogP contribution in [-0.4, -0.2) is 69.5 Å². The van der Waals surface area contributed by atoms with E-state index in [2.05, 4.69) is 37.6 Å². The number of nitrogens with one attached hydrogen (secondary N) is 2. The molecule has 0 atom stereocenters. The van der Waals surface area contributed by atoms with Crippen molar-refractivity contribution in [2.45, 2.75) is 38.1 Å². The molecule has 6 aromatic rings. The number of ether oxygens (including phenoxy) is 1. The van der Waals surface area contributed by atoms with Gasteiger partial charge in [0.05, 0.1) is 40.6 Å². The first-order valence-corrected chi connectivity index (χ1v) is 18.4. The van der Waals surface area contributed by atoms with E-state index in [9.17, 15) is 9.18 Å². The van der Waals surface area contributed by atoms with E-state index < -0.39 is 5.82 Å². The molecule has 0 unspecified atom stereocenters. The minimum absolute atomic E-state index is 0.113. The fourth-order valence-electron chi connectivity index (χ4n) is 7.46. The van der Waals surface area contributed by atoms with Gasteiger partial charge in [-0.25, -0.2) is 19.3 Å². The molecule has 3 aromatic carbocycles. The number of imidazole rings is 1. The number of rotatable bonds is 9. The largest absolute Gasteiger partial charge is 0.494 e. The number of hydrogen-bond acceptors (Lipinski definition) is 8. The Morgan fingerprint density at radius 3 is 2.53 bits per heavy atom. The molecule has 8 rings (SSSR count). The zero-order chi connectivity index (χ0) is 36.3. The van der Waals surface area contributed by atoms with Crippen molar-refractivity contribution in [2.75, 3.05) is 48.8 Å². The number of amides is 1. The second-order valence-electron chi connectivity index (χ2n) is 13.5. The number of halogens is 2. The zero-order valence-electron chi connectivity index (χ0n) is 29.4. The molecule has 53 heavy (non-hydrogen) atoms. The highest BCUT2D eigenvalue weighted by Crippen LogP contribution is 2.36. The second kappa shape index (κ2) is 15.2. The summed E-state index contributed by atoms with van der Waals surface area (Å²) in [4.78, 5) is 32.9. The predicted molar refractivity (Wildman–Crippen MR) is 208 cm³/mol. The lowest BCUT2D eigenvalue weighted by molar-refractivity contribution is 0.102. The van der Waals surface area contributed by atoms with Crippen LogP contribution in [0.2, 0.25) is 5.02 Å². The first kappa shape index (κ1) is 34.6. The fourth-order valence-corrected chi connectivity index (χ4v) is 7.67. The van der Waals surface area contributed by atoms with E-state index in [4.69, 9.17) is 26.3 Å². The number of carbonyl (C=O) groups is 1. The Bertz CT molecular complexity index is 2270. The minimum atomic E-state index is -0.483. The van der Waals surface area contributed by atoms with Crippen LogP contribution in [0.15, 0.2) is 97.3 Å². The van der Waals surface area contributed by atoms with Crippen LogP contribution in [0.1, 0.15) is 42.5 Å². The molecule has 2 aliphatic rings. The molecule has 0 aliphatic carbocycles. The van der Waals surface area contributed by atoms with Gasteiger partial charge in [-0.2, -0.15) is 0 Å². The predicted octanol–water partition coefficient (Wildman–Crippen LogP) is 8.71. The number of methoxy groups -OCH3 is 1. The SMILES string of the molecule is COc1cc(N2CCC(N3CCCCC3)CC2)ccc1Nc1nccc(-c2c(-c3cccc(C(=O)Nc4ccc(F)cc4Cl)c3)nc3ccccn23)n1. The van der Waals surface area contributed by atoms with Crippen LogP contribution in [0.5, 0.6) is 5.75 Å². The monoisotopic (exact) mass is 730 g/mol. The topological polar surface area (TPSA) is 99.9 Å². The van der Waals surface area contributed by atoms with E-state index in [1.165, 1.54) is 57.3 Å². The summed E-state index contributed by atoms with van der Waals surface area (Å²) in [5, 5.41) is 6.27. The van der Waals surface area contributed by atoms with Crippen molar-refractivity contribution in [2.24, 2.45) is 0 Å². The van der Waals surface area contributed by atoms with Crippen molar-refractivity contribution >= 4 is 46.2 Å². The maximum Gasteiger partial charge on any atom is 0.255 e. The van der Waals surface area contributed by atoms with Gasteiger partial charge in [-0.15, -0.1) is 0 Å². The van der Waals surface area contributed by atoms with Gasteiger partial charge in [0.2, 0.25) is 5.95 Å². The van der Waals surface area contributed by atoms with Crippen LogP contribution in [-0.2, 0) is 0 Å². The van der Waals surface area contributed by atoms with Crippen molar-refractivity contribution in [3.63, 3.8) is 0 Å². The van der Waals surface area contributed by atoms with Crippen LogP contribution in [0, 0.1) is 5.82 Å². The zero-order valence-corrected chi connectivity index (χ0v) is 30.2. The number of anilines is 4. The summed E-state index contributed by atoms with van der Waals surface area (Å²) in [7, 11) is 1.68. The van der Waals surface area contributed by atoms with Crippen LogP contribution < -0.4 is 20.3 Å². The molecule has 2 aliphatic heterocycles. The van der Waals surface area contributed by atoms with Gasteiger partial charge in [-0.1, -0.05) is 36.2 Å². The van der Waals surface area contributed by atoms with E-state index in [-0.39, 0.29) is 10.9 Å². The number of nitrogens with zero attached hydrogens (tertiary/aromatic N) is 6. The molecule has 2 N–H and O–H groups in total. The van der Waals surface area contributed by atoms with Crippen molar-refractivity contribution in [3.05, 3.63) is 114 Å². The van der Waals surface area contributed by atoms with Gasteiger partial charge < -0.3 is 25.2 Å². The van der Waals surface area contributed by atoms with E-state index in [1.807, 2.05) is 47.0 Å². The number of hydrogen-bond donors (Lipinski definition) is 2. The highest BCUT2D eigenvalue weighted by Gasteiger charge is 2.26. The lowest BCUT2D eigenvalue weighted by Gasteiger charge is -2.41. The van der Waals surface area contributed by atoms with Gasteiger partial charge in [0.15, 0.2) is 0 Å². The Kier molecular flexibility index (Phi) is 9.92. The molecule has 2 saturated heterocycles. The Morgan fingerprint density at radius 1 is 0.887 bits per heavy atom. The smallest absolute Gasteiger partial charge is 0.255 e. The summed E-state index contributed by atoms with van der Waals surface area (Å²) in [5.41, 5.74) is 6.05. The molecule has 0 saturated carbocycles. The molecule has 0 bridgehead atoms. The van der Waals surface area contributed by atoms with E-state index >= 15 is 0 Å². The number of benzene rings is 3. The summed E-state index contributed by atoms with van der Waals surface area (Å²) in [6, 6.07) is 25.5. The molecular formula is C41H40ClFN8O2. The second-order valence-corrected chi connectivity index (χ2v) is 13.9. The van der Waals surface area contributed by atoms with Gasteiger partial charge in [0, 0.05) is 54.4 Å². The minimum Gasteiger partial charge on any atom is -0.494 e. The quantitative estimate of drug-likeness (QED) is 0.152. The molecule has 0 spiro atoms. The molecule has 12 heteroatoms. The van der Waals surface area contributed by atoms with Gasteiger partial charge >= 0.3 is 0 Å². The number of pyridine rings is 1. The lowest BCUT2D eigenvalue weighted by atomic mass is 9.99. The maximum absolute atomic E-state index is 13.6. The normalized spacial score (nSPS) is 15.4. The van der Waals surface area contributed by atoms with Crippen LogP contribution in [0.3, 0.4) is 0 Å². The van der Waals surface area contributed by atoms with Crippen LogP contribution in [0.4, 0.5) is 27.4 Å². The Labute approximate surface area is 312 Å². The van der Waals surface area contributed by atoms with Gasteiger partial charge in [-0.05, 0) is 99.4 Å². The van der Waals surface area contributed by atoms with E-state index in [1.54, 1.807) is 31.5 Å². The maximum atomic E-state index is 13.6. The number of fused-ring (bicyclic) bond motifs is 1. The van der Waals surface area contributed by atoms with E-state index in [0.717, 1.165) is 41.9 Å². The fraction of sp³-hybridized carbons (Fsp3) is 0.268. The van der Waals surface area contributed by atoms with E-state index in [0.29, 0.717) is 45.9 Å². The summed E-state index contributed by atoms with van der Waals surface area (Å²) in [6.07, 6.45) is 10.0. The van der Waals surface area contributed by atoms with Crippen LogP contribution >= 0.6 is 11.6 Å². The third kappa shape index (κ3) is 7.40. The van der Waals surface area contributed by atoms with Gasteiger partial charge in [0.1, 0.15) is 17.2 Å². The molecule has 5 heterocycles. The number of carbonyl (C=O) groups excluding carboxylic acids is 1. The molecular weight excluding hydrogens is 691 g/mol. The number of likely N-dealkylation sites (tertiary alicyclic amines) is 1. The molecule has 10 nitrogen and oxygen atoms in total. The molecule has 0 radical (unpaired) electrons. The molecule has 3 aromatic heterocycles. The average molecular weight is 731 g/mol. The lowest BCUT2D eigenvalue weighted by Crippen LogP contribution is -2.46. The average Bonchev–Trinajstić information content (AvgIpc) is 3.60. The van der Waals surface area contributed by atoms with Crippen molar-refractivity contribution in [1.29, 1.82) is 0 Å². The number of aromatic nitrogens is 4.